The molecule has 19 heavy (non-hydrogen) atoms. The van der Waals surface area contributed by atoms with Crippen LogP contribution in [0.3, 0.4) is 0 Å². The Morgan fingerprint density at radius 3 is 2.58 bits per heavy atom. The third kappa shape index (κ3) is 4.46. The van der Waals surface area contributed by atoms with Crippen LogP contribution in [-0.2, 0) is 16.1 Å². The minimum Gasteiger partial charge on any atom is -0.480 e. The third-order valence-corrected chi connectivity index (χ3v) is 2.62. The molecule has 0 heterocycles. The molecule has 2 N–H and O–H groups in total. The number of carboxylic acids is 1. The average molecular weight is 263 g/mol. The van der Waals surface area contributed by atoms with E-state index in [1.165, 1.54) is 13.0 Å². The van der Waals surface area contributed by atoms with Gasteiger partial charge in [-0.15, -0.1) is 6.58 Å². The molecular weight excluding hydrogens is 246 g/mol. The van der Waals surface area contributed by atoms with E-state index >= 15 is 0 Å². The van der Waals surface area contributed by atoms with Gasteiger partial charge in [-0.3, -0.25) is 0 Å². The van der Waals surface area contributed by atoms with E-state index in [1.807, 2.05) is 30.3 Å². The molecule has 0 spiro atoms. The van der Waals surface area contributed by atoms with Crippen molar-refractivity contribution in [3.05, 3.63) is 48.6 Å². The van der Waals surface area contributed by atoms with Gasteiger partial charge in [0.1, 0.15) is 12.1 Å². The summed E-state index contributed by atoms with van der Waals surface area (Å²) in [6.45, 7) is 4.97. The van der Waals surface area contributed by atoms with Crippen LogP contribution in [-0.4, -0.2) is 22.7 Å². The van der Waals surface area contributed by atoms with E-state index in [-0.39, 0.29) is 13.0 Å². The lowest BCUT2D eigenvalue weighted by Gasteiger charge is -2.24. The van der Waals surface area contributed by atoms with Crippen molar-refractivity contribution < 1.29 is 19.4 Å². The Labute approximate surface area is 111 Å². The van der Waals surface area contributed by atoms with Crippen LogP contribution in [0.4, 0.5) is 4.79 Å². The number of aliphatic carboxylic acids is 1. The first-order chi connectivity index (χ1) is 8.98. The van der Waals surface area contributed by atoms with Gasteiger partial charge in [-0.05, 0) is 18.9 Å². The number of carbonyl (C=O) groups excluding carboxylic acids is 1. The highest BCUT2D eigenvalue weighted by Gasteiger charge is 2.34. The molecule has 0 saturated carbocycles. The van der Waals surface area contributed by atoms with E-state index in [9.17, 15) is 9.59 Å². The quantitative estimate of drug-likeness (QED) is 0.772. The van der Waals surface area contributed by atoms with Crippen molar-refractivity contribution in [3.63, 3.8) is 0 Å². The summed E-state index contributed by atoms with van der Waals surface area (Å²) in [5, 5.41) is 11.4. The van der Waals surface area contributed by atoms with Crippen molar-refractivity contribution in [1.29, 1.82) is 0 Å². The molecule has 0 aromatic heterocycles. The van der Waals surface area contributed by atoms with Crippen LogP contribution in [0.25, 0.3) is 0 Å². The Bertz CT molecular complexity index is 458. The molecule has 0 fully saturated rings. The minimum absolute atomic E-state index is 0.0937. The number of nitrogens with one attached hydrogen (secondary N) is 1. The number of benzene rings is 1. The monoisotopic (exact) mass is 263 g/mol. The summed E-state index contributed by atoms with van der Waals surface area (Å²) < 4.78 is 4.97. The highest BCUT2D eigenvalue weighted by atomic mass is 16.5. The summed E-state index contributed by atoms with van der Waals surface area (Å²) in [4.78, 5) is 22.7. The molecule has 1 atom stereocenters. The number of rotatable bonds is 6. The molecule has 0 unspecified atom stereocenters. The molecule has 5 nitrogen and oxygen atoms in total. The summed E-state index contributed by atoms with van der Waals surface area (Å²) in [7, 11) is 0. The van der Waals surface area contributed by atoms with Crippen molar-refractivity contribution in [2.45, 2.75) is 25.5 Å². The second kappa shape index (κ2) is 6.58. The smallest absolute Gasteiger partial charge is 0.408 e. The fraction of sp³-hybridized carbons (Fsp3) is 0.286. The summed E-state index contributed by atoms with van der Waals surface area (Å²) >= 11 is 0. The van der Waals surface area contributed by atoms with Crippen molar-refractivity contribution in [2.75, 3.05) is 0 Å². The molecule has 0 saturated heterocycles. The lowest BCUT2D eigenvalue weighted by atomic mass is 9.98. The maximum atomic E-state index is 11.6. The number of carbonyl (C=O) groups is 2. The van der Waals surface area contributed by atoms with E-state index in [2.05, 4.69) is 11.9 Å². The molecular formula is C14H17NO4. The Kier molecular flexibility index (Phi) is 5.11. The molecule has 1 aromatic rings. The molecule has 0 aliphatic rings. The molecule has 0 radical (unpaired) electrons. The topological polar surface area (TPSA) is 75.6 Å². The van der Waals surface area contributed by atoms with Crippen molar-refractivity contribution in [3.8, 4) is 0 Å². The summed E-state index contributed by atoms with van der Waals surface area (Å²) in [5.74, 6) is -1.14. The van der Waals surface area contributed by atoms with Gasteiger partial charge in [0.15, 0.2) is 0 Å². The Hall–Kier alpha value is -2.30. The fourth-order valence-corrected chi connectivity index (χ4v) is 1.46. The van der Waals surface area contributed by atoms with Crippen LogP contribution in [0.2, 0.25) is 0 Å². The second-order valence-electron chi connectivity index (χ2n) is 4.32. The maximum absolute atomic E-state index is 11.6. The molecule has 5 heteroatoms. The summed E-state index contributed by atoms with van der Waals surface area (Å²) in [5.41, 5.74) is -0.575. The highest BCUT2D eigenvalue weighted by molar-refractivity contribution is 5.84. The van der Waals surface area contributed by atoms with Gasteiger partial charge in [-0.1, -0.05) is 36.4 Å². The van der Waals surface area contributed by atoms with Crippen LogP contribution in [0.1, 0.15) is 18.9 Å². The number of hydrogen-bond acceptors (Lipinski definition) is 3. The van der Waals surface area contributed by atoms with Gasteiger partial charge in [0.25, 0.3) is 0 Å². The zero-order chi connectivity index (χ0) is 14.3. The predicted octanol–water partition coefficient (Wildman–Crippen LogP) is 2.33. The van der Waals surface area contributed by atoms with Gasteiger partial charge < -0.3 is 15.2 Å². The Balaban J connectivity index is 2.54. The zero-order valence-corrected chi connectivity index (χ0v) is 10.8. The maximum Gasteiger partial charge on any atom is 0.408 e. The fourth-order valence-electron chi connectivity index (χ4n) is 1.46. The van der Waals surface area contributed by atoms with E-state index in [0.29, 0.717) is 0 Å². The Morgan fingerprint density at radius 2 is 2.05 bits per heavy atom. The van der Waals surface area contributed by atoms with E-state index in [0.717, 1.165) is 5.56 Å². The minimum atomic E-state index is -1.41. The first kappa shape index (κ1) is 14.8. The average Bonchev–Trinajstić information content (AvgIpc) is 2.37. The van der Waals surface area contributed by atoms with Gasteiger partial charge >= 0.3 is 12.1 Å². The van der Waals surface area contributed by atoms with Gasteiger partial charge in [-0.2, -0.15) is 0 Å². The number of hydrogen-bond donors (Lipinski definition) is 2. The van der Waals surface area contributed by atoms with Gasteiger partial charge in [0.2, 0.25) is 0 Å². The Morgan fingerprint density at radius 1 is 1.42 bits per heavy atom. The molecule has 1 aromatic carbocycles. The summed E-state index contributed by atoms with van der Waals surface area (Å²) in [6.07, 6.45) is 0.782. The lowest BCUT2D eigenvalue weighted by Crippen LogP contribution is -2.52. The van der Waals surface area contributed by atoms with E-state index in [1.54, 1.807) is 0 Å². The number of carboxylic acid groups (broad SMARTS) is 1. The number of alkyl carbamates (subject to hydrolysis) is 1. The summed E-state index contributed by atoms with van der Waals surface area (Å²) in [6, 6.07) is 9.14. The SMILES string of the molecule is C=CC[C@@](C)(NC(=O)OCc1ccccc1)C(=O)O. The molecule has 102 valence electrons. The number of ether oxygens (including phenoxy) is 1. The normalized spacial score (nSPS) is 13.1. The standard InChI is InChI=1S/C14H17NO4/c1-3-9-14(2,12(16)17)15-13(18)19-10-11-7-5-4-6-8-11/h3-8H,1,9-10H2,2H3,(H,15,18)(H,16,17)/t14-/m1/s1. The van der Waals surface area contributed by atoms with E-state index < -0.39 is 17.6 Å². The van der Waals surface area contributed by atoms with Gasteiger partial charge in [0.05, 0.1) is 0 Å². The highest BCUT2D eigenvalue weighted by Crippen LogP contribution is 2.11. The van der Waals surface area contributed by atoms with E-state index in [4.69, 9.17) is 9.84 Å². The third-order valence-electron chi connectivity index (χ3n) is 2.62. The number of amides is 1. The van der Waals surface area contributed by atoms with Crippen molar-refractivity contribution in [2.24, 2.45) is 0 Å². The van der Waals surface area contributed by atoms with Gasteiger partial charge in [-0.25, -0.2) is 9.59 Å². The van der Waals surface area contributed by atoms with Gasteiger partial charge in [0, 0.05) is 0 Å². The van der Waals surface area contributed by atoms with Crippen LogP contribution < -0.4 is 5.32 Å². The molecule has 0 aliphatic carbocycles. The molecule has 1 amide bonds. The zero-order valence-electron chi connectivity index (χ0n) is 10.8. The van der Waals surface area contributed by atoms with Crippen LogP contribution in [0.5, 0.6) is 0 Å². The van der Waals surface area contributed by atoms with Crippen LogP contribution in [0.15, 0.2) is 43.0 Å². The molecule has 0 aliphatic heterocycles. The van der Waals surface area contributed by atoms with Crippen LogP contribution >= 0.6 is 0 Å². The first-order valence-corrected chi connectivity index (χ1v) is 5.81. The second-order valence-corrected chi connectivity index (χ2v) is 4.32. The van der Waals surface area contributed by atoms with Crippen molar-refractivity contribution in [1.82, 2.24) is 5.32 Å². The molecule has 1 rings (SSSR count). The largest absolute Gasteiger partial charge is 0.480 e. The molecule has 0 bridgehead atoms. The van der Waals surface area contributed by atoms with Crippen LogP contribution in [0, 0.1) is 0 Å². The first-order valence-electron chi connectivity index (χ1n) is 5.81. The lowest BCUT2D eigenvalue weighted by molar-refractivity contribution is -0.143. The van der Waals surface area contributed by atoms with Crippen molar-refractivity contribution >= 4 is 12.1 Å². The predicted molar refractivity (Wildman–Crippen MR) is 70.6 cm³/mol.